The van der Waals surface area contributed by atoms with Crippen molar-refractivity contribution in [3.05, 3.63) is 159 Å². The summed E-state index contributed by atoms with van der Waals surface area (Å²) in [6.45, 7) is 17.3. The van der Waals surface area contributed by atoms with Gasteiger partial charge in [-0.3, -0.25) is 0 Å². The third-order valence-corrected chi connectivity index (χ3v) is 11.8. The normalized spacial score (nSPS) is 10.9. The van der Waals surface area contributed by atoms with Crippen molar-refractivity contribution in [3.63, 3.8) is 0 Å². The molecule has 244 valence electrons. The summed E-state index contributed by atoms with van der Waals surface area (Å²) in [5.41, 5.74) is 20.3. The van der Waals surface area contributed by atoms with E-state index in [1.54, 1.807) is 0 Å². The first-order valence-corrected chi connectivity index (χ1v) is 19.0. The van der Waals surface area contributed by atoms with Gasteiger partial charge in [0, 0.05) is 17.2 Å². The van der Waals surface area contributed by atoms with Crippen LogP contribution in [0.2, 0.25) is 10.0 Å². The Morgan fingerprint density at radius 1 is 0.333 bits per heavy atom. The molecule has 0 bridgehead atoms. The second kappa shape index (κ2) is 15.5. The molecule has 0 saturated carbocycles. The molecule has 6 aromatic rings. The summed E-state index contributed by atoms with van der Waals surface area (Å²) in [7, 11) is 0. The van der Waals surface area contributed by atoms with Gasteiger partial charge in [-0.1, -0.05) is 96.0 Å². The van der Waals surface area contributed by atoms with Crippen molar-refractivity contribution in [2.45, 2.75) is 55.4 Å². The predicted octanol–water partition coefficient (Wildman–Crippen LogP) is 15.0. The van der Waals surface area contributed by atoms with Crippen molar-refractivity contribution >= 4 is 68.4 Å². The van der Waals surface area contributed by atoms with Gasteiger partial charge in [-0.2, -0.15) is 0 Å². The number of hydrogen-bond acceptors (Lipinski definition) is 0. The van der Waals surface area contributed by atoms with Crippen LogP contribution in [0.4, 0.5) is 0 Å². The summed E-state index contributed by atoms with van der Waals surface area (Å²) in [5.74, 6) is 0. The lowest BCUT2D eigenvalue weighted by Crippen LogP contribution is -1.96. The number of benzene rings is 6. The van der Waals surface area contributed by atoms with Gasteiger partial charge in [0.1, 0.15) is 0 Å². The van der Waals surface area contributed by atoms with Gasteiger partial charge >= 0.3 is 0 Å². The average Bonchev–Trinajstić information content (AvgIpc) is 3.01. The highest BCUT2D eigenvalue weighted by Gasteiger charge is 2.18. The highest BCUT2D eigenvalue weighted by Crippen LogP contribution is 2.42. The largest absolute Gasteiger partial charge is 0.0843 e. The molecule has 0 aliphatic carbocycles. The number of rotatable bonds is 4. The van der Waals surface area contributed by atoms with E-state index >= 15 is 0 Å². The van der Waals surface area contributed by atoms with Crippen LogP contribution in [-0.2, 0) is 0 Å². The van der Waals surface area contributed by atoms with Crippen LogP contribution in [0, 0.1) is 62.5 Å². The molecule has 0 unspecified atom stereocenters. The van der Waals surface area contributed by atoms with E-state index in [2.05, 4.69) is 198 Å². The van der Waals surface area contributed by atoms with E-state index in [1.807, 2.05) is 0 Å². The molecule has 0 radical (unpaired) electrons. The van der Waals surface area contributed by atoms with Gasteiger partial charge in [0.25, 0.3) is 0 Å². The summed E-state index contributed by atoms with van der Waals surface area (Å²) < 4.78 is 2.51. The molecule has 0 aliphatic rings. The molecule has 0 saturated heterocycles. The summed E-state index contributed by atoms with van der Waals surface area (Å²) >= 11 is 18.0. The molecule has 0 heterocycles. The Balaban J connectivity index is 0.000000188. The Morgan fingerprint density at radius 3 is 0.667 bits per heavy atom. The minimum Gasteiger partial charge on any atom is -0.0843 e. The molecular weight excluding hydrogens is 853 g/mol. The van der Waals surface area contributed by atoms with Gasteiger partial charge in [-0.25, -0.2) is 0 Å². The molecule has 0 N–H and O–H groups in total. The third-order valence-electron chi connectivity index (χ3n) is 9.08. The lowest BCUT2D eigenvalue weighted by Gasteiger charge is -2.18. The van der Waals surface area contributed by atoms with Gasteiger partial charge in [-0.05, 0) is 214 Å². The van der Waals surface area contributed by atoms with Crippen LogP contribution in [0.5, 0.6) is 0 Å². The Bertz CT molecular complexity index is 1780. The minimum absolute atomic E-state index is 0.783. The molecule has 0 aliphatic heterocycles. The smallest absolute Gasteiger partial charge is 0.0419 e. The molecule has 0 amide bonds. The number of halogens is 4. The Hall–Kier alpha value is -2.64. The maximum Gasteiger partial charge on any atom is 0.0419 e. The number of hydrogen-bond donors (Lipinski definition) is 0. The van der Waals surface area contributed by atoms with Crippen molar-refractivity contribution in [2.24, 2.45) is 0 Å². The standard InChI is InChI=1S/2C22H20ClI/c2*1-13-7-5-8-14(2)20(13)18-11-17(23)12-19(22(18)24)21-15(3)9-6-10-16(21)4/h2*5-12H,1-4H3. The second-order valence-electron chi connectivity index (χ2n) is 12.7. The fraction of sp³-hybridized carbons (Fsp3) is 0.182. The van der Waals surface area contributed by atoms with Crippen molar-refractivity contribution < 1.29 is 0 Å². The lowest BCUT2D eigenvalue weighted by atomic mass is 9.90. The van der Waals surface area contributed by atoms with E-state index < -0.39 is 0 Å². The monoisotopic (exact) mass is 892 g/mol. The SMILES string of the molecule is Cc1cccc(C)c1-c1cc(Cl)cc(-c2c(C)cccc2C)c1I.Cc1cccc(C)c1-c1cc(Cl)cc(-c2c(C)cccc2C)c1I. The molecule has 6 rings (SSSR count). The van der Waals surface area contributed by atoms with Crippen molar-refractivity contribution in [1.29, 1.82) is 0 Å². The number of aryl methyl sites for hydroxylation is 8. The zero-order valence-electron chi connectivity index (χ0n) is 28.7. The van der Waals surface area contributed by atoms with Crippen LogP contribution in [0.25, 0.3) is 44.5 Å². The quantitative estimate of drug-likeness (QED) is 0.155. The third kappa shape index (κ3) is 7.57. The van der Waals surface area contributed by atoms with Crippen molar-refractivity contribution in [3.8, 4) is 44.5 Å². The van der Waals surface area contributed by atoms with Crippen molar-refractivity contribution in [1.82, 2.24) is 0 Å². The summed E-state index contributed by atoms with van der Waals surface area (Å²) in [6, 6.07) is 34.1. The summed E-state index contributed by atoms with van der Waals surface area (Å²) in [4.78, 5) is 0. The minimum atomic E-state index is 0.783. The van der Waals surface area contributed by atoms with E-state index in [-0.39, 0.29) is 0 Å². The molecule has 6 aromatic carbocycles. The molecule has 48 heavy (non-hydrogen) atoms. The van der Waals surface area contributed by atoms with E-state index in [4.69, 9.17) is 23.2 Å². The maximum absolute atomic E-state index is 6.53. The van der Waals surface area contributed by atoms with Crippen LogP contribution < -0.4 is 0 Å². The topological polar surface area (TPSA) is 0 Å². The zero-order valence-corrected chi connectivity index (χ0v) is 34.6. The lowest BCUT2D eigenvalue weighted by molar-refractivity contribution is 1.35. The van der Waals surface area contributed by atoms with E-state index in [9.17, 15) is 0 Å². The molecule has 0 nitrogen and oxygen atoms in total. The highest BCUT2D eigenvalue weighted by molar-refractivity contribution is 14.1. The Kier molecular flexibility index (Phi) is 11.8. The van der Waals surface area contributed by atoms with Gasteiger partial charge in [0.2, 0.25) is 0 Å². The van der Waals surface area contributed by atoms with Crippen LogP contribution in [0.15, 0.2) is 97.1 Å². The fourth-order valence-electron chi connectivity index (χ4n) is 6.86. The van der Waals surface area contributed by atoms with Crippen LogP contribution in [-0.4, -0.2) is 0 Å². The van der Waals surface area contributed by atoms with Crippen molar-refractivity contribution in [2.75, 3.05) is 0 Å². The first-order chi connectivity index (χ1) is 22.8. The van der Waals surface area contributed by atoms with Gasteiger partial charge in [0.15, 0.2) is 0 Å². The fourth-order valence-corrected chi connectivity index (χ4v) is 9.00. The van der Waals surface area contributed by atoms with E-state index in [1.165, 1.54) is 96.2 Å². The maximum atomic E-state index is 6.53. The van der Waals surface area contributed by atoms with Gasteiger partial charge in [0.05, 0.1) is 0 Å². The van der Waals surface area contributed by atoms with Crippen LogP contribution in [0.1, 0.15) is 44.5 Å². The first-order valence-electron chi connectivity index (χ1n) is 16.0. The van der Waals surface area contributed by atoms with Crippen LogP contribution in [0.3, 0.4) is 0 Å². The molecule has 0 spiro atoms. The zero-order chi connectivity index (χ0) is 34.9. The molecule has 0 fully saturated rings. The summed E-state index contributed by atoms with van der Waals surface area (Å²) in [5, 5.41) is 1.57. The highest BCUT2D eigenvalue weighted by atomic mass is 127. The predicted molar refractivity (Wildman–Crippen MR) is 228 cm³/mol. The average molecular weight is 894 g/mol. The molecule has 0 atom stereocenters. The Labute approximate surface area is 324 Å². The summed E-state index contributed by atoms with van der Waals surface area (Å²) in [6.07, 6.45) is 0. The van der Waals surface area contributed by atoms with Crippen LogP contribution >= 0.6 is 68.4 Å². The molecule has 0 aromatic heterocycles. The van der Waals surface area contributed by atoms with Gasteiger partial charge < -0.3 is 0 Å². The molecular formula is C44H40Cl2I2. The van der Waals surface area contributed by atoms with Gasteiger partial charge in [-0.15, -0.1) is 0 Å². The molecule has 4 heteroatoms. The first kappa shape index (κ1) is 36.6. The van der Waals surface area contributed by atoms with E-state index in [0.29, 0.717) is 0 Å². The Morgan fingerprint density at radius 2 is 0.500 bits per heavy atom. The van der Waals surface area contributed by atoms with E-state index in [0.717, 1.165) is 10.0 Å². The second-order valence-corrected chi connectivity index (χ2v) is 15.7.